The van der Waals surface area contributed by atoms with Crippen LogP contribution in [0.3, 0.4) is 0 Å². The van der Waals surface area contributed by atoms with Gasteiger partial charge in [-0.2, -0.15) is 0 Å². The summed E-state index contributed by atoms with van der Waals surface area (Å²) in [5.41, 5.74) is 0. The van der Waals surface area contributed by atoms with Crippen LogP contribution in [-0.4, -0.2) is 52.8 Å². The Balaban J connectivity index is 1.55. The van der Waals surface area contributed by atoms with Gasteiger partial charge in [0.25, 0.3) is 0 Å². The molecule has 4 heteroatoms. The zero-order chi connectivity index (χ0) is 10.7. The van der Waals surface area contributed by atoms with Crippen LogP contribution >= 0.6 is 0 Å². The predicted molar refractivity (Wildman–Crippen MR) is 64.5 cm³/mol. The van der Waals surface area contributed by atoms with Gasteiger partial charge >= 0.3 is 0 Å². The average molecular weight is 230 g/mol. The number of hydrogen-bond donors (Lipinski definition) is 1. The Labute approximate surface area is 95.1 Å². The Hall–Kier alpha value is 0.0700. The lowest BCUT2D eigenvalue weighted by Crippen LogP contribution is -2.42. The van der Waals surface area contributed by atoms with E-state index in [0.717, 1.165) is 43.6 Å². The first kappa shape index (κ1) is 11.6. The third-order valence-electron chi connectivity index (χ3n) is 3.49. The quantitative estimate of drug-likeness (QED) is 0.744. The Morgan fingerprint density at radius 1 is 1.40 bits per heavy atom. The van der Waals surface area contributed by atoms with Crippen LogP contribution < -0.4 is 5.32 Å². The smallest absolute Gasteiger partial charge is 0.0363 e. The first-order valence-electron chi connectivity index (χ1n) is 6.06. The Morgan fingerprint density at radius 2 is 2.07 bits per heavy atom. The Bertz CT molecular complexity index is 221. The molecule has 0 spiro atoms. The summed E-state index contributed by atoms with van der Waals surface area (Å²) in [7, 11) is -0.535. The molecule has 2 fully saturated rings. The highest BCUT2D eigenvalue weighted by molar-refractivity contribution is 7.85. The molecular weight excluding hydrogens is 208 g/mol. The van der Waals surface area contributed by atoms with Gasteiger partial charge in [-0.25, -0.2) is 0 Å². The monoisotopic (exact) mass is 230 g/mol. The van der Waals surface area contributed by atoms with Crippen LogP contribution in [0.5, 0.6) is 0 Å². The highest BCUT2D eigenvalue weighted by Crippen LogP contribution is 2.32. The second-order valence-corrected chi connectivity index (χ2v) is 6.47. The molecule has 1 atom stereocenters. The Kier molecular flexibility index (Phi) is 4.17. The summed E-state index contributed by atoms with van der Waals surface area (Å²) in [4.78, 5) is 2.42. The fraction of sp³-hybridized carbons (Fsp3) is 1.00. The molecule has 15 heavy (non-hydrogen) atoms. The fourth-order valence-corrected chi connectivity index (χ4v) is 3.24. The molecule has 1 saturated heterocycles. The topological polar surface area (TPSA) is 32.3 Å². The molecular formula is C11H22N2OS. The van der Waals surface area contributed by atoms with E-state index in [2.05, 4.69) is 17.1 Å². The third kappa shape index (κ3) is 3.85. The van der Waals surface area contributed by atoms with E-state index in [4.69, 9.17) is 0 Å². The van der Waals surface area contributed by atoms with Gasteiger partial charge < -0.3 is 10.2 Å². The van der Waals surface area contributed by atoms with E-state index in [9.17, 15) is 4.21 Å². The van der Waals surface area contributed by atoms with Crippen LogP contribution in [0.15, 0.2) is 0 Å². The zero-order valence-corrected chi connectivity index (χ0v) is 10.4. The molecule has 0 aromatic carbocycles. The summed E-state index contributed by atoms with van der Waals surface area (Å²) >= 11 is 0. The van der Waals surface area contributed by atoms with E-state index in [1.54, 1.807) is 0 Å². The van der Waals surface area contributed by atoms with Crippen molar-refractivity contribution in [3.05, 3.63) is 0 Å². The van der Waals surface area contributed by atoms with E-state index in [-0.39, 0.29) is 0 Å². The maximum atomic E-state index is 11.2. The van der Waals surface area contributed by atoms with E-state index in [0.29, 0.717) is 6.04 Å². The van der Waals surface area contributed by atoms with Gasteiger partial charge in [0.05, 0.1) is 0 Å². The van der Waals surface area contributed by atoms with Crippen molar-refractivity contribution in [1.29, 1.82) is 0 Å². The minimum atomic E-state index is -0.535. The van der Waals surface area contributed by atoms with Crippen LogP contribution in [0.25, 0.3) is 0 Å². The summed E-state index contributed by atoms with van der Waals surface area (Å²) < 4.78 is 11.2. The van der Waals surface area contributed by atoms with Crippen molar-refractivity contribution in [2.75, 3.05) is 37.7 Å². The molecule has 0 aromatic heterocycles. The van der Waals surface area contributed by atoms with Crippen molar-refractivity contribution in [2.24, 2.45) is 5.92 Å². The maximum absolute atomic E-state index is 11.2. The fourth-order valence-electron chi connectivity index (χ4n) is 2.11. The molecule has 1 saturated carbocycles. The summed E-state index contributed by atoms with van der Waals surface area (Å²) in [5.74, 6) is 2.69. The lowest BCUT2D eigenvalue weighted by Gasteiger charge is -2.26. The van der Waals surface area contributed by atoms with Gasteiger partial charge in [0.1, 0.15) is 0 Å². The molecule has 1 heterocycles. The van der Waals surface area contributed by atoms with Crippen molar-refractivity contribution in [2.45, 2.75) is 25.8 Å². The average Bonchev–Trinajstić information content (AvgIpc) is 3.04. The van der Waals surface area contributed by atoms with Crippen LogP contribution in [0.4, 0.5) is 0 Å². The van der Waals surface area contributed by atoms with Gasteiger partial charge in [-0.05, 0) is 25.7 Å². The van der Waals surface area contributed by atoms with Crippen LogP contribution in [-0.2, 0) is 10.8 Å². The number of nitrogens with zero attached hydrogens (tertiary/aromatic N) is 1. The molecule has 1 aliphatic carbocycles. The molecule has 2 aliphatic rings. The second-order valence-electron chi connectivity index (χ2n) is 4.77. The lowest BCUT2D eigenvalue weighted by molar-refractivity contribution is 0.291. The number of hydrogen-bond acceptors (Lipinski definition) is 3. The molecule has 0 bridgehead atoms. The highest BCUT2D eigenvalue weighted by Gasteiger charge is 2.27. The molecule has 1 N–H and O–H groups in total. The second kappa shape index (κ2) is 5.41. The van der Waals surface area contributed by atoms with Crippen molar-refractivity contribution in [1.82, 2.24) is 10.2 Å². The summed E-state index contributed by atoms with van der Waals surface area (Å²) in [6, 6.07) is 0.698. The first-order chi connectivity index (χ1) is 7.25. The lowest BCUT2D eigenvalue weighted by atomic mass is 10.2. The zero-order valence-electron chi connectivity index (χ0n) is 9.58. The van der Waals surface area contributed by atoms with Crippen LogP contribution in [0, 0.1) is 5.92 Å². The summed E-state index contributed by atoms with van der Waals surface area (Å²) in [5, 5.41) is 3.59. The number of nitrogens with one attached hydrogen (secondary N) is 1. The predicted octanol–water partition coefficient (Wildman–Crippen LogP) is 0.439. The van der Waals surface area contributed by atoms with Gasteiger partial charge in [-0.1, -0.05) is 0 Å². The van der Waals surface area contributed by atoms with Crippen molar-refractivity contribution in [3.8, 4) is 0 Å². The Morgan fingerprint density at radius 3 is 2.67 bits per heavy atom. The minimum absolute atomic E-state index is 0.535. The van der Waals surface area contributed by atoms with E-state index in [1.165, 1.54) is 12.8 Å². The molecule has 1 unspecified atom stereocenters. The number of rotatable bonds is 5. The SMILES string of the molecule is CC(NCCN1CCS(=O)CC1)C1CC1. The molecule has 1 aliphatic heterocycles. The van der Waals surface area contributed by atoms with E-state index < -0.39 is 10.8 Å². The molecule has 0 aromatic rings. The van der Waals surface area contributed by atoms with Crippen LogP contribution in [0.2, 0.25) is 0 Å². The largest absolute Gasteiger partial charge is 0.313 e. The molecule has 0 radical (unpaired) electrons. The summed E-state index contributed by atoms with van der Waals surface area (Å²) in [6.07, 6.45) is 2.83. The van der Waals surface area contributed by atoms with E-state index >= 15 is 0 Å². The van der Waals surface area contributed by atoms with Crippen molar-refractivity contribution >= 4 is 10.8 Å². The molecule has 3 nitrogen and oxygen atoms in total. The highest BCUT2D eigenvalue weighted by atomic mass is 32.2. The maximum Gasteiger partial charge on any atom is 0.0363 e. The summed E-state index contributed by atoms with van der Waals surface area (Å²) in [6.45, 7) is 6.54. The van der Waals surface area contributed by atoms with Gasteiger partial charge in [-0.15, -0.1) is 0 Å². The van der Waals surface area contributed by atoms with E-state index in [1.807, 2.05) is 0 Å². The van der Waals surface area contributed by atoms with Crippen LogP contribution in [0.1, 0.15) is 19.8 Å². The van der Waals surface area contributed by atoms with Crippen molar-refractivity contribution in [3.63, 3.8) is 0 Å². The standard InChI is InChI=1S/C11H22N2OS/c1-10(11-2-3-11)12-4-5-13-6-8-15(14)9-7-13/h10-12H,2-9H2,1H3. The van der Waals surface area contributed by atoms with Gasteiger partial charge in [0.2, 0.25) is 0 Å². The normalized spacial score (nSPS) is 26.7. The van der Waals surface area contributed by atoms with Gasteiger partial charge in [0.15, 0.2) is 0 Å². The third-order valence-corrected chi connectivity index (χ3v) is 4.77. The molecule has 88 valence electrons. The van der Waals surface area contributed by atoms with Gasteiger partial charge in [-0.3, -0.25) is 4.21 Å². The molecule has 2 rings (SSSR count). The van der Waals surface area contributed by atoms with Gasteiger partial charge in [0, 0.05) is 54.5 Å². The minimum Gasteiger partial charge on any atom is -0.313 e. The molecule has 0 amide bonds. The first-order valence-corrected chi connectivity index (χ1v) is 7.55. The van der Waals surface area contributed by atoms with Crippen molar-refractivity contribution < 1.29 is 4.21 Å².